The number of hydrogen-bond donors (Lipinski definition) is 0. The van der Waals surface area contributed by atoms with Crippen molar-refractivity contribution in [1.29, 1.82) is 0 Å². The molecule has 12 nitrogen and oxygen atoms in total. The SMILES string of the molecule is O.O.O=S(=O)([O-])[O-].O=S(=O)([O-])[O-].[K+].[K+].[O-2].[O-2].[U]. The Morgan fingerprint density at radius 2 is 0.588 bits per heavy atom. The predicted molar refractivity (Wildman–Crippen MR) is 29.5 cm³/mol. The van der Waals surface area contributed by atoms with Gasteiger partial charge in [0.05, 0.1) is 0 Å². The van der Waals surface area contributed by atoms with E-state index in [1.165, 1.54) is 0 Å². The molecule has 0 unspecified atom stereocenters. The van der Waals surface area contributed by atoms with E-state index >= 15 is 0 Å². The van der Waals surface area contributed by atoms with Crippen molar-refractivity contribution in [2.45, 2.75) is 0 Å². The van der Waals surface area contributed by atoms with E-state index in [2.05, 4.69) is 0 Å². The van der Waals surface area contributed by atoms with Crippen molar-refractivity contribution in [3.63, 3.8) is 0 Å². The zero-order valence-corrected chi connectivity index (χ0v) is 20.4. The number of rotatable bonds is 0. The Labute approximate surface area is 206 Å². The van der Waals surface area contributed by atoms with Gasteiger partial charge >= 0.3 is 103 Å². The van der Waals surface area contributed by atoms with Gasteiger partial charge in [-0.2, -0.15) is 0 Å². The van der Waals surface area contributed by atoms with E-state index in [0.717, 1.165) is 0 Å². The smallest absolute Gasteiger partial charge is 1.00 e. The van der Waals surface area contributed by atoms with Gasteiger partial charge in [-0.05, 0) is 0 Å². The molecule has 0 aromatic rings. The van der Waals surface area contributed by atoms with Crippen LogP contribution in [0.5, 0.6) is 0 Å². The minimum atomic E-state index is -5.17. The molecular formula is H4K2O12S2U-6. The Morgan fingerprint density at radius 1 is 0.588 bits per heavy atom. The van der Waals surface area contributed by atoms with Crippen LogP contribution in [0.3, 0.4) is 0 Å². The maximum atomic E-state index is 8.52. The molecular weight excluding hydrogens is 572 g/mol. The fourth-order valence-corrected chi connectivity index (χ4v) is 0. The molecule has 17 heteroatoms. The maximum absolute atomic E-state index is 8.52. The van der Waals surface area contributed by atoms with Crippen molar-refractivity contribution in [2.24, 2.45) is 0 Å². The summed E-state index contributed by atoms with van der Waals surface area (Å²) in [5.74, 6) is 0. The molecule has 0 aliphatic carbocycles. The third-order valence-electron chi connectivity index (χ3n) is 0. The summed E-state index contributed by atoms with van der Waals surface area (Å²) in [7, 11) is -10.3. The van der Waals surface area contributed by atoms with E-state index in [9.17, 15) is 0 Å². The average molecular weight is 576 g/mol. The summed E-state index contributed by atoms with van der Waals surface area (Å²) in [6.45, 7) is 0. The van der Waals surface area contributed by atoms with Crippen molar-refractivity contribution in [3.8, 4) is 0 Å². The zero-order valence-electron chi connectivity index (χ0n) is 8.40. The molecule has 0 bridgehead atoms. The Hall–Kier alpha value is 3.90. The summed E-state index contributed by atoms with van der Waals surface area (Å²) in [6.07, 6.45) is 0. The first-order chi connectivity index (χ1) is 4.00. The van der Waals surface area contributed by atoms with Crippen molar-refractivity contribution in [3.05, 3.63) is 0 Å². The van der Waals surface area contributed by atoms with Gasteiger partial charge in [-0.15, -0.1) is 0 Å². The molecule has 0 aliphatic rings. The van der Waals surface area contributed by atoms with Crippen LogP contribution in [0.2, 0.25) is 0 Å². The third-order valence-corrected chi connectivity index (χ3v) is 0. The molecule has 0 radical (unpaired) electrons. The van der Waals surface area contributed by atoms with Gasteiger partial charge in [0.2, 0.25) is 0 Å². The van der Waals surface area contributed by atoms with Crippen LogP contribution in [0.4, 0.5) is 0 Å². The van der Waals surface area contributed by atoms with Crippen molar-refractivity contribution in [1.82, 2.24) is 0 Å². The molecule has 0 aliphatic heterocycles. The van der Waals surface area contributed by atoms with Gasteiger partial charge < -0.3 is 40.1 Å². The molecule has 0 saturated carbocycles. The largest absolute Gasteiger partial charge is 2.00 e. The standard InChI is InChI=1S/2K.2H2O4S.2H2O.2O.U/c;;2*1-5(2,3)4;;;;;/h;;2*(H2,1,2,3,4);2*1H2;;;/q2*+1;;;;;2*-2;/p-4. The molecule has 0 rings (SSSR count). The zero-order chi connectivity index (χ0) is 9.00. The summed E-state index contributed by atoms with van der Waals surface area (Å²) >= 11 is 0. The molecule has 100 valence electrons. The van der Waals surface area contributed by atoms with Crippen LogP contribution in [0, 0.1) is 31.1 Å². The van der Waals surface area contributed by atoms with Crippen LogP contribution in [0.1, 0.15) is 0 Å². The molecule has 0 atom stereocenters. The van der Waals surface area contributed by atoms with Gasteiger partial charge in [-0.25, -0.2) is 0 Å². The molecule has 0 amide bonds. The van der Waals surface area contributed by atoms with Gasteiger partial charge in [0.15, 0.2) is 0 Å². The van der Waals surface area contributed by atoms with Crippen LogP contribution < -0.4 is 103 Å². The minimum Gasteiger partial charge on any atom is -2.00 e. The van der Waals surface area contributed by atoms with Gasteiger partial charge in [-0.1, -0.05) is 0 Å². The summed E-state index contributed by atoms with van der Waals surface area (Å²) in [5.41, 5.74) is 0. The second-order valence-corrected chi connectivity index (χ2v) is 2.45. The first-order valence-corrected chi connectivity index (χ1v) is 4.00. The molecule has 0 spiro atoms. The van der Waals surface area contributed by atoms with Gasteiger partial charge in [0, 0.05) is 51.9 Å². The molecule has 0 aromatic carbocycles. The molecule has 0 fully saturated rings. The summed E-state index contributed by atoms with van der Waals surface area (Å²) < 4.78 is 68.2. The van der Waals surface area contributed by atoms with E-state index in [-0.39, 0.29) is 156 Å². The van der Waals surface area contributed by atoms with E-state index in [4.69, 9.17) is 35.0 Å². The maximum Gasteiger partial charge on any atom is 1.00 e. The van der Waals surface area contributed by atoms with Crippen molar-refractivity contribution >= 4 is 20.8 Å². The molecule has 4 N–H and O–H groups in total. The first-order valence-electron chi connectivity index (χ1n) is 1.33. The molecule has 0 saturated heterocycles. The molecule has 0 heterocycles. The average Bonchev–Trinajstić information content (AvgIpc) is 1.12. The van der Waals surface area contributed by atoms with Gasteiger partial charge in [0.25, 0.3) is 0 Å². The van der Waals surface area contributed by atoms with Crippen LogP contribution in [0.15, 0.2) is 0 Å². The van der Waals surface area contributed by atoms with E-state index < -0.39 is 20.8 Å². The first kappa shape index (κ1) is 58.4. The van der Waals surface area contributed by atoms with Crippen LogP contribution in [-0.2, 0) is 31.8 Å². The predicted octanol–water partition coefficient (Wildman–Crippen LogP) is -10.6. The topological polar surface area (TPSA) is 281 Å². The van der Waals surface area contributed by atoms with Gasteiger partial charge in [0.1, 0.15) is 0 Å². The van der Waals surface area contributed by atoms with E-state index in [1.807, 2.05) is 0 Å². The Balaban J connectivity index is -0.00000000762. The fraction of sp³-hybridized carbons (Fsp3) is 0. The summed E-state index contributed by atoms with van der Waals surface area (Å²) in [4.78, 5) is 0. The summed E-state index contributed by atoms with van der Waals surface area (Å²) in [6, 6.07) is 0. The Kier molecular flexibility index (Phi) is 96.7. The Bertz CT molecular complexity index is 219. The normalized spacial score (nSPS) is 6.82. The van der Waals surface area contributed by atoms with E-state index in [0.29, 0.717) is 0 Å². The quantitative estimate of drug-likeness (QED) is 0.151. The Morgan fingerprint density at radius 3 is 0.588 bits per heavy atom. The van der Waals surface area contributed by atoms with Gasteiger partial charge in [-0.3, -0.25) is 16.8 Å². The van der Waals surface area contributed by atoms with Crippen molar-refractivity contribution in [2.75, 3.05) is 0 Å². The van der Waals surface area contributed by atoms with Crippen LogP contribution >= 0.6 is 0 Å². The fourth-order valence-electron chi connectivity index (χ4n) is 0. The minimum absolute atomic E-state index is 0. The second kappa shape index (κ2) is 28.1. The monoisotopic (exact) mass is 576 g/mol. The van der Waals surface area contributed by atoms with E-state index in [1.54, 1.807) is 0 Å². The molecule has 0 aromatic heterocycles. The van der Waals surface area contributed by atoms with Crippen LogP contribution in [0.25, 0.3) is 0 Å². The number of hydrogen-bond acceptors (Lipinski definition) is 8. The van der Waals surface area contributed by atoms with Crippen molar-refractivity contribution < 1.29 is 191 Å². The van der Waals surface area contributed by atoms with Crippen LogP contribution in [-0.4, -0.2) is 46.0 Å². The summed E-state index contributed by atoms with van der Waals surface area (Å²) in [5, 5.41) is 0. The molecule has 17 heavy (non-hydrogen) atoms. The second-order valence-electron chi connectivity index (χ2n) is 0.816. The third kappa shape index (κ3) is 419.